The minimum Gasteiger partial charge on any atom is -0.350 e. The zero-order valence-corrected chi connectivity index (χ0v) is 12.8. The summed E-state index contributed by atoms with van der Waals surface area (Å²) in [6.45, 7) is 10.6. The molecule has 2 atom stereocenters. The number of nitrogens with zero attached hydrogens (tertiary/aromatic N) is 1. The summed E-state index contributed by atoms with van der Waals surface area (Å²) in [6, 6.07) is 0.471. The Morgan fingerprint density at radius 1 is 1.50 bits per heavy atom. The fourth-order valence-corrected chi connectivity index (χ4v) is 2.30. The Hall–Kier alpha value is -0.320. The van der Waals surface area contributed by atoms with Gasteiger partial charge in [0.15, 0.2) is 0 Å². The van der Waals surface area contributed by atoms with E-state index in [0.29, 0.717) is 18.5 Å². The third-order valence-corrected chi connectivity index (χ3v) is 3.83. The third kappa shape index (κ3) is 5.12. The summed E-state index contributed by atoms with van der Waals surface area (Å²) in [7, 11) is 0. The van der Waals surface area contributed by atoms with Crippen LogP contribution in [0.3, 0.4) is 0 Å². The van der Waals surface area contributed by atoms with Crippen molar-refractivity contribution in [1.82, 2.24) is 10.2 Å². The summed E-state index contributed by atoms with van der Waals surface area (Å²) in [5.41, 5.74) is 5.58. The number of hydrogen-bond acceptors (Lipinski definition) is 3. The minimum atomic E-state index is -0.104. The number of carbonyl (C=O) groups excluding carboxylic acids is 1. The molecule has 5 heteroatoms. The van der Waals surface area contributed by atoms with E-state index in [4.69, 9.17) is 5.73 Å². The van der Waals surface area contributed by atoms with E-state index in [1.165, 1.54) is 0 Å². The molecule has 2 unspecified atom stereocenters. The molecular formula is C13H28ClN3O. The van der Waals surface area contributed by atoms with E-state index < -0.39 is 0 Å². The monoisotopic (exact) mass is 277 g/mol. The van der Waals surface area contributed by atoms with Crippen LogP contribution in [0.5, 0.6) is 0 Å². The average Bonchev–Trinajstić information content (AvgIpc) is 2.59. The Morgan fingerprint density at radius 2 is 2.11 bits per heavy atom. The highest BCUT2D eigenvalue weighted by Crippen LogP contribution is 2.21. The molecule has 1 aliphatic heterocycles. The fourth-order valence-electron chi connectivity index (χ4n) is 2.30. The van der Waals surface area contributed by atoms with E-state index in [1.807, 2.05) is 0 Å². The van der Waals surface area contributed by atoms with Crippen LogP contribution >= 0.6 is 12.4 Å². The molecule has 1 fully saturated rings. The number of nitrogens with two attached hydrogens (primary N) is 1. The number of likely N-dealkylation sites (tertiary alicyclic amines) is 1. The molecule has 0 aliphatic carbocycles. The molecule has 0 aromatic heterocycles. The van der Waals surface area contributed by atoms with Crippen molar-refractivity contribution in [1.29, 1.82) is 0 Å². The van der Waals surface area contributed by atoms with Gasteiger partial charge in [-0.05, 0) is 46.1 Å². The van der Waals surface area contributed by atoms with E-state index in [-0.39, 0.29) is 23.9 Å². The lowest BCUT2D eigenvalue weighted by Crippen LogP contribution is -2.48. The molecule has 0 bridgehead atoms. The molecule has 4 nitrogen and oxygen atoms in total. The van der Waals surface area contributed by atoms with E-state index in [9.17, 15) is 4.79 Å². The van der Waals surface area contributed by atoms with Crippen molar-refractivity contribution in [3.8, 4) is 0 Å². The van der Waals surface area contributed by atoms with Crippen LogP contribution in [0.4, 0.5) is 0 Å². The smallest absolute Gasteiger partial charge is 0.234 e. The average molecular weight is 278 g/mol. The van der Waals surface area contributed by atoms with Gasteiger partial charge in [-0.1, -0.05) is 6.92 Å². The second kappa shape index (κ2) is 7.31. The van der Waals surface area contributed by atoms with Crippen molar-refractivity contribution in [2.75, 3.05) is 19.6 Å². The first-order chi connectivity index (χ1) is 7.88. The van der Waals surface area contributed by atoms with Crippen LogP contribution in [0.1, 0.15) is 40.5 Å². The topological polar surface area (TPSA) is 58.4 Å². The Balaban J connectivity index is 0.00000289. The lowest BCUT2D eigenvalue weighted by atomic mass is 10.0. The molecule has 18 heavy (non-hydrogen) atoms. The van der Waals surface area contributed by atoms with Gasteiger partial charge >= 0.3 is 0 Å². The maximum Gasteiger partial charge on any atom is 0.234 e. The number of rotatable bonds is 5. The molecule has 0 aromatic rings. The van der Waals surface area contributed by atoms with Gasteiger partial charge in [0.2, 0.25) is 5.91 Å². The summed E-state index contributed by atoms with van der Waals surface area (Å²) < 4.78 is 0. The standard InChI is InChI=1S/C13H27N3O.ClH/c1-5-13(3,4)15-12(17)9-16-8-11(7-14)6-10(16)2;/h10-11H,5-9,14H2,1-4H3,(H,15,17);1H. The molecule has 0 radical (unpaired) electrons. The van der Waals surface area contributed by atoms with Gasteiger partial charge in [-0.15, -0.1) is 12.4 Å². The van der Waals surface area contributed by atoms with Gasteiger partial charge in [0.25, 0.3) is 0 Å². The number of hydrogen-bond donors (Lipinski definition) is 2. The van der Waals surface area contributed by atoms with E-state index >= 15 is 0 Å². The zero-order valence-electron chi connectivity index (χ0n) is 12.0. The maximum absolute atomic E-state index is 11.9. The normalized spacial score (nSPS) is 24.7. The fraction of sp³-hybridized carbons (Fsp3) is 0.923. The number of halogens is 1. The molecule has 0 saturated carbocycles. The van der Waals surface area contributed by atoms with E-state index in [0.717, 1.165) is 25.9 Å². The van der Waals surface area contributed by atoms with E-state index in [2.05, 4.69) is 37.9 Å². The molecule has 1 aliphatic rings. The zero-order chi connectivity index (χ0) is 13.1. The van der Waals surface area contributed by atoms with Crippen molar-refractivity contribution in [2.45, 2.75) is 52.1 Å². The van der Waals surface area contributed by atoms with Gasteiger partial charge < -0.3 is 11.1 Å². The predicted octanol–water partition coefficient (Wildman–Crippen LogP) is 1.38. The first kappa shape index (κ1) is 17.7. The van der Waals surface area contributed by atoms with Crippen molar-refractivity contribution in [3.63, 3.8) is 0 Å². The Kier molecular flexibility index (Phi) is 7.18. The molecule has 0 spiro atoms. The van der Waals surface area contributed by atoms with Crippen LogP contribution in [-0.2, 0) is 4.79 Å². The summed E-state index contributed by atoms with van der Waals surface area (Å²) in [5.74, 6) is 0.679. The van der Waals surface area contributed by atoms with E-state index in [1.54, 1.807) is 0 Å². The van der Waals surface area contributed by atoms with Gasteiger partial charge in [-0.25, -0.2) is 0 Å². The highest BCUT2D eigenvalue weighted by molar-refractivity contribution is 5.85. The molecule has 0 aromatic carbocycles. The first-order valence-electron chi connectivity index (χ1n) is 6.63. The summed E-state index contributed by atoms with van der Waals surface area (Å²) in [4.78, 5) is 14.2. The largest absolute Gasteiger partial charge is 0.350 e. The minimum absolute atomic E-state index is 0. The highest BCUT2D eigenvalue weighted by atomic mass is 35.5. The Morgan fingerprint density at radius 3 is 2.56 bits per heavy atom. The van der Waals surface area contributed by atoms with Crippen LogP contribution < -0.4 is 11.1 Å². The van der Waals surface area contributed by atoms with Crippen LogP contribution in [0.2, 0.25) is 0 Å². The van der Waals surface area contributed by atoms with Crippen LogP contribution in [-0.4, -0.2) is 42.0 Å². The molecule has 3 N–H and O–H groups in total. The number of nitrogens with one attached hydrogen (secondary N) is 1. The second-order valence-electron chi connectivity index (χ2n) is 5.90. The molecular weight excluding hydrogens is 250 g/mol. The second-order valence-corrected chi connectivity index (χ2v) is 5.90. The summed E-state index contributed by atoms with van der Waals surface area (Å²) in [5, 5.41) is 3.07. The van der Waals surface area contributed by atoms with Crippen molar-refractivity contribution < 1.29 is 4.79 Å². The van der Waals surface area contributed by atoms with Gasteiger partial charge in [0.05, 0.1) is 6.54 Å². The van der Waals surface area contributed by atoms with Crippen LogP contribution in [0.15, 0.2) is 0 Å². The number of carbonyl (C=O) groups is 1. The predicted molar refractivity (Wildman–Crippen MR) is 78.0 cm³/mol. The first-order valence-corrected chi connectivity index (χ1v) is 6.63. The molecule has 1 saturated heterocycles. The van der Waals surface area contributed by atoms with Gasteiger partial charge in [0, 0.05) is 18.1 Å². The maximum atomic E-state index is 11.9. The van der Waals surface area contributed by atoms with Crippen molar-refractivity contribution in [2.24, 2.45) is 11.7 Å². The molecule has 1 heterocycles. The van der Waals surface area contributed by atoms with Gasteiger partial charge in [-0.2, -0.15) is 0 Å². The Bertz CT molecular complexity index is 271. The Labute approximate surface area is 117 Å². The van der Waals surface area contributed by atoms with Gasteiger partial charge in [0.1, 0.15) is 0 Å². The summed E-state index contributed by atoms with van der Waals surface area (Å²) in [6.07, 6.45) is 2.06. The highest BCUT2D eigenvalue weighted by Gasteiger charge is 2.30. The van der Waals surface area contributed by atoms with Crippen molar-refractivity contribution >= 4 is 18.3 Å². The number of amides is 1. The lowest BCUT2D eigenvalue weighted by Gasteiger charge is -2.27. The SMILES string of the molecule is CCC(C)(C)NC(=O)CN1CC(CN)CC1C.Cl. The van der Waals surface area contributed by atoms with Gasteiger partial charge in [-0.3, -0.25) is 9.69 Å². The van der Waals surface area contributed by atoms with Crippen LogP contribution in [0, 0.1) is 5.92 Å². The van der Waals surface area contributed by atoms with Crippen LogP contribution in [0.25, 0.3) is 0 Å². The quantitative estimate of drug-likeness (QED) is 0.798. The molecule has 108 valence electrons. The molecule has 1 amide bonds. The van der Waals surface area contributed by atoms with Crippen molar-refractivity contribution in [3.05, 3.63) is 0 Å². The third-order valence-electron chi connectivity index (χ3n) is 3.83. The summed E-state index contributed by atoms with van der Waals surface area (Å²) >= 11 is 0. The molecule has 1 rings (SSSR count). The lowest BCUT2D eigenvalue weighted by molar-refractivity contribution is -0.124.